The lowest BCUT2D eigenvalue weighted by atomic mass is 9.88. The average molecular weight is 846 g/mol. The maximum absolute atomic E-state index is 14.7. The Morgan fingerprint density at radius 1 is 1.03 bits per heavy atom. The van der Waals surface area contributed by atoms with Crippen LogP contribution in [0.2, 0.25) is 0 Å². The number of ether oxygens (including phenoxy) is 4. The van der Waals surface area contributed by atoms with Gasteiger partial charge in [0, 0.05) is 23.3 Å². The van der Waals surface area contributed by atoms with Crippen molar-refractivity contribution in [3.05, 3.63) is 54.6 Å². The molecule has 3 fully saturated rings. The van der Waals surface area contributed by atoms with Gasteiger partial charge in [-0.15, -0.1) is 0 Å². The van der Waals surface area contributed by atoms with Crippen molar-refractivity contribution in [2.24, 2.45) is 17.8 Å². The molecule has 1 aromatic heterocycles. The van der Waals surface area contributed by atoms with Gasteiger partial charge in [0.25, 0.3) is 5.91 Å². The van der Waals surface area contributed by atoms with Gasteiger partial charge in [-0.2, -0.15) is 0 Å². The maximum Gasteiger partial charge on any atom is 0.405 e. The molecule has 320 valence electrons. The number of amides is 4. The second-order valence-electron chi connectivity index (χ2n) is 17.1. The number of benzene rings is 2. The molecule has 1 saturated heterocycles. The molecular formula is C43H51N5O11S. The predicted molar refractivity (Wildman–Crippen MR) is 219 cm³/mol. The number of aromatic nitrogens is 1. The zero-order valence-corrected chi connectivity index (χ0v) is 34.9. The molecule has 4 heterocycles. The van der Waals surface area contributed by atoms with Crippen LogP contribution in [0, 0.1) is 17.8 Å². The summed E-state index contributed by atoms with van der Waals surface area (Å²) >= 11 is 0. The van der Waals surface area contributed by atoms with Crippen molar-refractivity contribution in [2.45, 2.75) is 94.2 Å². The number of nitrogens with zero attached hydrogens (tertiary/aromatic N) is 2. The second kappa shape index (κ2) is 15.8. The van der Waals surface area contributed by atoms with E-state index in [9.17, 15) is 32.7 Å². The Kier molecular flexibility index (Phi) is 10.8. The third kappa shape index (κ3) is 8.02. The van der Waals surface area contributed by atoms with Crippen LogP contribution >= 0.6 is 0 Å². The molecule has 16 nitrogen and oxygen atoms in total. The van der Waals surface area contributed by atoms with Crippen LogP contribution in [0.4, 0.5) is 4.79 Å². The first-order chi connectivity index (χ1) is 28.6. The van der Waals surface area contributed by atoms with Crippen LogP contribution in [0.5, 0.6) is 23.1 Å². The van der Waals surface area contributed by atoms with Crippen LogP contribution in [0.3, 0.4) is 0 Å². The lowest BCUT2D eigenvalue weighted by molar-refractivity contribution is -0.142. The molecule has 0 radical (unpaired) electrons. The standard InChI is InChI=1S/C43H51N5O11S/c1-24-7-5-6-8-28-22-43(28,40(51)47-60(54,55)42(3)13-14-42)46-37(49)33-21-30(23-48(33)39(50)36(25(2)17-24)45-41(52)53)59-38-31-11-10-29(56-4)18-27(31)19-32(44-38)26-9-12-34-35(20-26)58-16-15-57-34/h6,8-12,18-20,24-25,28,30,33,36,45H,5,7,13-17,21-23H2,1-4H3,(H,46,49)(H,47,51)(H,52,53)/b8-6-/t24-,25-,28-,30-,33+,36+,43-/m1/s1. The Balaban J connectivity index is 1.15. The minimum atomic E-state index is -4.03. The molecule has 5 aliphatic rings. The van der Waals surface area contributed by atoms with Crippen LogP contribution in [-0.4, -0.2) is 103 Å². The van der Waals surface area contributed by atoms with Crippen LogP contribution in [0.15, 0.2) is 54.6 Å². The number of pyridine rings is 1. The zero-order chi connectivity index (χ0) is 42.6. The number of hydrogen-bond donors (Lipinski definition) is 4. The number of sulfonamides is 1. The number of nitrogens with one attached hydrogen (secondary N) is 3. The van der Waals surface area contributed by atoms with Gasteiger partial charge in [-0.25, -0.2) is 18.2 Å². The first-order valence-electron chi connectivity index (χ1n) is 20.5. The molecule has 8 rings (SSSR count). The molecule has 2 aliphatic carbocycles. The van der Waals surface area contributed by atoms with Crippen molar-refractivity contribution in [1.29, 1.82) is 0 Å². The molecule has 4 amide bonds. The summed E-state index contributed by atoms with van der Waals surface area (Å²) in [6, 6.07) is 10.4. The molecule has 60 heavy (non-hydrogen) atoms. The number of carbonyl (C=O) groups excluding carboxylic acids is 3. The van der Waals surface area contributed by atoms with E-state index < -0.39 is 74.1 Å². The molecule has 7 atom stereocenters. The highest BCUT2D eigenvalue weighted by Crippen LogP contribution is 2.48. The van der Waals surface area contributed by atoms with Gasteiger partial charge < -0.3 is 39.6 Å². The van der Waals surface area contributed by atoms with E-state index in [1.54, 1.807) is 20.1 Å². The van der Waals surface area contributed by atoms with E-state index >= 15 is 0 Å². The normalized spacial score (nSPS) is 29.1. The van der Waals surface area contributed by atoms with Crippen molar-refractivity contribution >= 4 is 44.6 Å². The lowest BCUT2D eigenvalue weighted by Gasteiger charge is -2.32. The van der Waals surface area contributed by atoms with Gasteiger partial charge in [0.05, 0.1) is 24.1 Å². The minimum Gasteiger partial charge on any atom is -0.497 e. The van der Waals surface area contributed by atoms with E-state index in [0.717, 1.165) is 17.4 Å². The smallest absolute Gasteiger partial charge is 0.405 e. The average Bonchev–Trinajstić information content (AvgIpc) is 4.10. The van der Waals surface area contributed by atoms with E-state index in [0.29, 0.717) is 67.2 Å². The molecule has 0 bridgehead atoms. The molecule has 0 unspecified atom stereocenters. The van der Waals surface area contributed by atoms with Gasteiger partial charge in [0.2, 0.25) is 27.7 Å². The highest BCUT2D eigenvalue weighted by Gasteiger charge is 2.63. The molecule has 2 saturated carbocycles. The fourth-order valence-electron chi connectivity index (χ4n) is 8.66. The predicted octanol–water partition coefficient (Wildman–Crippen LogP) is 4.55. The van der Waals surface area contributed by atoms with E-state index in [1.807, 2.05) is 62.4 Å². The van der Waals surface area contributed by atoms with Crippen LogP contribution in [0.1, 0.15) is 65.7 Å². The summed E-state index contributed by atoms with van der Waals surface area (Å²) in [5, 5.41) is 16.6. The zero-order valence-electron chi connectivity index (χ0n) is 34.1. The largest absolute Gasteiger partial charge is 0.497 e. The Hall–Kier alpha value is -5.58. The van der Waals surface area contributed by atoms with E-state index in [-0.39, 0.29) is 31.2 Å². The lowest BCUT2D eigenvalue weighted by Crippen LogP contribution is -2.59. The van der Waals surface area contributed by atoms with Crippen molar-refractivity contribution < 1.29 is 51.6 Å². The first-order valence-corrected chi connectivity index (χ1v) is 22.0. The molecule has 2 aromatic carbocycles. The summed E-state index contributed by atoms with van der Waals surface area (Å²) in [6.45, 7) is 6.15. The maximum atomic E-state index is 14.7. The van der Waals surface area contributed by atoms with Gasteiger partial charge >= 0.3 is 6.09 Å². The van der Waals surface area contributed by atoms with Crippen molar-refractivity contribution in [2.75, 3.05) is 26.9 Å². The third-order valence-corrected chi connectivity index (χ3v) is 14.8. The van der Waals surface area contributed by atoms with Crippen LogP contribution in [-0.2, 0) is 24.4 Å². The fraction of sp³-hybridized carbons (Fsp3) is 0.512. The van der Waals surface area contributed by atoms with Crippen molar-refractivity contribution in [1.82, 2.24) is 25.2 Å². The number of methoxy groups -OCH3 is 1. The highest BCUT2D eigenvalue weighted by atomic mass is 32.2. The van der Waals surface area contributed by atoms with Crippen LogP contribution < -0.4 is 34.3 Å². The van der Waals surface area contributed by atoms with E-state index in [1.165, 1.54) is 4.90 Å². The summed E-state index contributed by atoms with van der Waals surface area (Å²) in [5.74, 6) is -0.937. The Bertz CT molecular complexity index is 2370. The minimum absolute atomic E-state index is 0.0374. The Morgan fingerprint density at radius 2 is 1.80 bits per heavy atom. The monoisotopic (exact) mass is 845 g/mol. The number of allylic oxidation sites excluding steroid dienone is 1. The molecule has 3 aliphatic heterocycles. The number of fused-ring (bicyclic) bond motifs is 4. The fourth-order valence-corrected chi connectivity index (χ4v) is 9.97. The first kappa shape index (κ1) is 41.2. The number of carbonyl (C=O) groups is 4. The summed E-state index contributed by atoms with van der Waals surface area (Å²) in [7, 11) is -2.47. The van der Waals surface area contributed by atoms with Crippen LogP contribution in [0.25, 0.3) is 22.0 Å². The van der Waals surface area contributed by atoms with E-state index in [2.05, 4.69) is 15.4 Å². The van der Waals surface area contributed by atoms with Gasteiger partial charge in [-0.3, -0.25) is 19.1 Å². The summed E-state index contributed by atoms with van der Waals surface area (Å²) in [5.41, 5.74) is -0.303. The van der Waals surface area contributed by atoms with Crippen molar-refractivity contribution in [3.8, 4) is 34.4 Å². The molecular weight excluding hydrogens is 795 g/mol. The molecule has 0 spiro atoms. The summed E-state index contributed by atoms with van der Waals surface area (Å²) in [6.07, 6.45) is 4.41. The van der Waals surface area contributed by atoms with Gasteiger partial charge in [-0.1, -0.05) is 26.0 Å². The quantitative estimate of drug-likeness (QED) is 0.230. The van der Waals surface area contributed by atoms with Crippen molar-refractivity contribution in [3.63, 3.8) is 0 Å². The summed E-state index contributed by atoms with van der Waals surface area (Å²) < 4.78 is 51.4. The Labute approximate surface area is 348 Å². The molecule has 3 aromatic rings. The third-order valence-electron chi connectivity index (χ3n) is 12.6. The van der Waals surface area contributed by atoms with Gasteiger partial charge in [0.15, 0.2) is 11.5 Å². The second-order valence-corrected chi connectivity index (χ2v) is 19.3. The van der Waals surface area contributed by atoms with E-state index in [4.69, 9.17) is 23.9 Å². The van der Waals surface area contributed by atoms with Gasteiger partial charge in [0.1, 0.15) is 42.7 Å². The number of rotatable bonds is 8. The summed E-state index contributed by atoms with van der Waals surface area (Å²) in [4.78, 5) is 61.6. The number of hydrogen-bond acceptors (Lipinski definition) is 11. The Morgan fingerprint density at radius 3 is 2.53 bits per heavy atom. The van der Waals surface area contributed by atoms with Gasteiger partial charge in [-0.05, 0) is 105 Å². The highest BCUT2D eigenvalue weighted by molar-refractivity contribution is 7.91. The number of carboxylic acid groups (broad SMARTS) is 1. The topological polar surface area (TPSA) is 212 Å². The molecule has 4 N–H and O–H groups in total. The SMILES string of the molecule is COc1ccc2c(O[C@@H]3C[C@H]4C(=O)N[C@]5(C(=O)NS(=O)(=O)C6(C)CC6)C[C@H]5/C=C\CC[C@@H](C)C[C@@H](C)[C@H](NC(=O)O)C(=O)N4C3)nc(-c3ccc4c(c3)OCCO4)cc2c1. The molecule has 17 heteroatoms.